The molecule has 2 N–H and O–H groups in total. The van der Waals surface area contributed by atoms with Crippen LogP contribution >= 0.6 is 23.2 Å². The van der Waals surface area contributed by atoms with Crippen LogP contribution in [-0.4, -0.2) is 34.2 Å². The van der Waals surface area contributed by atoms with E-state index in [1.807, 2.05) is 20.8 Å². The van der Waals surface area contributed by atoms with Crippen molar-refractivity contribution in [3.05, 3.63) is 77.8 Å². The molecule has 1 fully saturated rings. The number of halogens is 2. The first-order chi connectivity index (χ1) is 16.7. The summed E-state index contributed by atoms with van der Waals surface area (Å²) in [6.07, 6.45) is 1.84. The number of benzene rings is 2. The van der Waals surface area contributed by atoms with Crippen LogP contribution in [-0.2, 0) is 0 Å². The highest BCUT2D eigenvalue weighted by Crippen LogP contribution is 2.46. The molecule has 0 saturated heterocycles. The summed E-state index contributed by atoms with van der Waals surface area (Å²) in [5.41, 5.74) is -1.62. The lowest BCUT2D eigenvalue weighted by Gasteiger charge is -2.47. The van der Waals surface area contributed by atoms with Crippen molar-refractivity contribution in [2.45, 2.75) is 46.1 Å². The number of nitrogens with zero attached hydrogens (tertiary/aromatic N) is 2. The summed E-state index contributed by atoms with van der Waals surface area (Å²) in [6.45, 7) is 6.26. The normalized spacial score (nSPS) is 20.9. The lowest BCUT2D eigenvalue weighted by atomic mass is 9.62. The van der Waals surface area contributed by atoms with E-state index in [4.69, 9.17) is 23.2 Å². The van der Waals surface area contributed by atoms with Crippen molar-refractivity contribution < 1.29 is 19.4 Å². The zero-order chi connectivity index (χ0) is 26.8. The largest absolute Gasteiger partial charge is 0.351 e. The summed E-state index contributed by atoms with van der Waals surface area (Å²) >= 11 is 11.7. The fraction of sp³-hybridized carbons (Fsp3) is 0.417. The Balaban J connectivity index is 1.75. The SMILES string of the molecule is CC1(C)C[C@@H](NC(=O)c2ccc(Cl)cc2[N+](=O)[O-])C[C@](C)(CNC(=O)c2ccc(Cl)cc2[N+](=O)[O-])C1. The van der Waals surface area contributed by atoms with Crippen LogP contribution in [0, 0.1) is 31.1 Å². The summed E-state index contributed by atoms with van der Waals surface area (Å²) in [5.74, 6) is -1.18. The van der Waals surface area contributed by atoms with E-state index in [-0.39, 0.29) is 50.5 Å². The Kier molecular flexibility index (Phi) is 7.90. The van der Waals surface area contributed by atoms with Crippen molar-refractivity contribution in [1.82, 2.24) is 10.6 Å². The molecule has 192 valence electrons. The van der Waals surface area contributed by atoms with Gasteiger partial charge in [-0.25, -0.2) is 0 Å². The van der Waals surface area contributed by atoms with Crippen LogP contribution in [0.4, 0.5) is 11.4 Å². The van der Waals surface area contributed by atoms with Crippen LogP contribution in [0.15, 0.2) is 36.4 Å². The molecule has 1 aliphatic rings. The molecule has 1 saturated carbocycles. The van der Waals surface area contributed by atoms with Crippen molar-refractivity contribution in [3.8, 4) is 0 Å². The van der Waals surface area contributed by atoms with Crippen LogP contribution in [0.2, 0.25) is 10.0 Å². The summed E-state index contributed by atoms with van der Waals surface area (Å²) < 4.78 is 0. The first kappa shape index (κ1) is 27.3. The highest BCUT2D eigenvalue weighted by molar-refractivity contribution is 6.31. The third-order valence-electron chi connectivity index (χ3n) is 6.26. The van der Waals surface area contributed by atoms with Gasteiger partial charge in [-0.2, -0.15) is 0 Å². The predicted molar refractivity (Wildman–Crippen MR) is 136 cm³/mol. The molecular weight excluding hydrogens is 511 g/mol. The van der Waals surface area contributed by atoms with Crippen molar-refractivity contribution in [2.24, 2.45) is 10.8 Å². The van der Waals surface area contributed by atoms with Crippen molar-refractivity contribution in [2.75, 3.05) is 6.54 Å². The minimum Gasteiger partial charge on any atom is -0.351 e. The number of hydrogen-bond acceptors (Lipinski definition) is 6. The summed E-state index contributed by atoms with van der Waals surface area (Å²) in [4.78, 5) is 47.2. The van der Waals surface area contributed by atoms with Gasteiger partial charge in [0, 0.05) is 34.8 Å². The Hall–Kier alpha value is -3.24. The van der Waals surface area contributed by atoms with Crippen molar-refractivity contribution >= 4 is 46.4 Å². The van der Waals surface area contributed by atoms with Crippen LogP contribution in [0.25, 0.3) is 0 Å². The second kappa shape index (κ2) is 10.4. The second-order valence-corrected chi connectivity index (χ2v) is 11.1. The van der Waals surface area contributed by atoms with E-state index in [2.05, 4.69) is 10.6 Å². The molecule has 0 bridgehead atoms. The second-order valence-electron chi connectivity index (χ2n) is 10.3. The van der Waals surface area contributed by atoms with Crippen LogP contribution in [0.5, 0.6) is 0 Å². The molecular formula is C24H26Cl2N4O6. The molecule has 12 heteroatoms. The predicted octanol–water partition coefficient (Wildman–Crippen LogP) is 5.55. The Morgan fingerprint density at radius 1 is 0.917 bits per heavy atom. The van der Waals surface area contributed by atoms with Gasteiger partial charge >= 0.3 is 0 Å². The lowest BCUT2D eigenvalue weighted by Crippen LogP contribution is -2.50. The fourth-order valence-corrected chi connectivity index (χ4v) is 5.55. The van der Waals surface area contributed by atoms with Gasteiger partial charge in [-0.15, -0.1) is 0 Å². The molecule has 0 aromatic heterocycles. The Morgan fingerprint density at radius 2 is 1.42 bits per heavy atom. The van der Waals surface area contributed by atoms with Gasteiger partial charge in [-0.05, 0) is 54.4 Å². The van der Waals surface area contributed by atoms with Crippen LogP contribution < -0.4 is 10.6 Å². The summed E-state index contributed by atoms with van der Waals surface area (Å²) in [5, 5.41) is 28.8. The van der Waals surface area contributed by atoms with Gasteiger partial charge in [0.2, 0.25) is 0 Å². The molecule has 2 atom stereocenters. The maximum Gasteiger partial charge on any atom is 0.283 e. The average Bonchev–Trinajstić information content (AvgIpc) is 2.75. The topological polar surface area (TPSA) is 144 Å². The number of rotatable bonds is 7. The molecule has 2 aromatic rings. The standard InChI is InChI=1S/C24H26Cl2N4O6/c1-23(2)10-16(28-22(32)18-7-5-15(26)9-20(18)30(35)36)11-24(3,12-23)13-27-21(31)17-6-4-14(25)8-19(17)29(33)34/h4-9,16H,10-13H2,1-3H3,(H,27,31)(H,28,32)/t16-,24+/m1/s1. The summed E-state index contributed by atoms with van der Waals surface area (Å²) in [6, 6.07) is 7.41. The smallest absolute Gasteiger partial charge is 0.283 e. The van der Waals surface area contributed by atoms with Crippen LogP contribution in [0.1, 0.15) is 60.7 Å². The third-order valence-corrected chi connectivity index (χ3v) is 6.73. The molecule has 0 heterocycles. The monoisotopic (exact) mass is 536 g/mol. The maximum atomic E-state index is 12.9. The molecule has 2 amide bonds. The number of nitro benzene ring substituents is 2. The number of carbonyl (C=O) groups is 2. The molecule has 10 nitrogen and oxygen atoms in total. The first-order valence-corrected chi connectivity index (χ1v) is 11.9. The molecule has 0 spiro atoms. The zero-order valence-electron chi connectivity index (χ0n) is 20.0. The molecule has 3 rings (SSSR count). The number of nitrogens with one attached hydrogen (secondary N) is 2. The molecule has 1 aliphatic carbocycles. The molecule has 0 radical (unpaired) electrons. The van der Waals surface area contributed by atoms with Crippen LogP contribution in [0.3, 0.4) is 0 Å². The van der Waals surface area contributed by atoms with Gasteiger partial charge in [0.1, 0.15) is 11.1 Å². The summed E-state index contributed by atoms with van der Waals surface area (Å²) in [7, 11) is 0. The van der Waals surface area contributed by atoms with E-state index in [9.17, 15) is 29.8 Å². The van der Waals surface area contributed by atoms with Gasteiger partial charge in [0.05, 0.1) is 9.85 Å². The van der Waals surface area contributed by atoms with Gasteiger partial charge < -0.3 is 10.6 Å². The quantitative estimate of drug-likeness (QED) is 0.350. The van der Waals surface area contributed by atoms with E-state index in [0.29, 0.717) is 12.8 Å². The van der Waals surface area contributed by atoms with E-state index in [0.717, 1.165) is 18.6 Å². The Labute approximate surface area is 217 Å². The molecule has 36 heavy (non-hydrogen) atoms. The van der Waals surface area contributed by atoms with Gasteiger partial charge in [0.25, 0.3) is 23.2 Å². The highest BCUT2D eigenvalue weighted by atomic mass is 35.5. The number of amides is 2. The van der Waals surface area contributed by atoms with E-state index >= 15 is 0 Å². The van der Waals surface area contributed by atoms with Crippen molar-refractivity contribution in [1.29, 1.82) is 0 Å². The fourth-order valence-electron chi connectivity index (χ4n) is 5.22. The first-order valence-electron chi connectivity index (χ1n) is 11.2. The molecule has 2 aromatic carbocycles. The maximum absolute atomic E-state index is 12.9. The van der Waals surface area contributed by atoms with E-state index < -0.39 is 27.1 Å². The molecule has 0 aliphatic heterocycles. The van der Waals surface area contributed by atoms with E-state index in [1.54, 1.807) is 0 Å². The number of hydrogen-bond donors (Lipinski definition) is 2. The van der Waals surface area contributed by atoms with E-state index in [1.165, 1.54) is 24.3 Å². The van der Waals surface area contributed by atoms with Gasteiger partial charge in [-0.1, -0.05) is 44.0 Å². The number of carbonyl (C=O) groups excluding carboxylic acids is 2. The van der Waals surface area contributed by atoms with Gasteiger partial charge in [-0.3, -0.25) is 29.8 Å². The van der Waals surface area contributed by atoms with Gasteiger partial charge in [0.15, 0.2) is 0 Å². The minimum atomic E-state index is -0.659. The van der Waals surface area contributed by atoms with Crippen molar-refractivity contribution in [3.63, 3.8) is 0 Å². The lowest BCUT2D eigenvalue weighted by molar-refractivity contribution is -0.385. The average molecular weight is 537 g/mol. The third kappa shape index (κ3) is 6.50. The highest BCUT2D eigenvalue weighted by Gasteiger charge is 2.42. The zero-order valence-corrected chi connectivity index (χ0v) is 21.5. The number of nitro groups is 2. The Morgan fingerprint density at radius 3 is 1.92 bits per heavy atom. The molecule has 0 unspecified atom stereocenters. The minimum absolute atomic E-state index is 0.0853. The Bertz CT molecular complexity index is 1240.